The molecule has 20 heavy (non-hydrogen) atoms. The number of nitrogens with one attached hydrogen (secondary N) is 1. The highest BCUT2D eigenvalue weighted by Crippen LogP contribution is 2.28. The minimum Gasteiger partial charge on any atom is -0.271 e. The zero-order valence-corrected chi connectivity index (χ0v) is 12.4. The Balaban J connectivity index is 1.76. The highest BCUT2D eigenvalue weighted by molar-refractivity contribution is 8.00. The minimum absolute atomic E-state index is 0.314. The van der Waals surface area contributed by atoms with Crippen LogP contribution in [0.4, 0.5) is 0 Å². The van der Waals surface area contributed by atoms with Gasteiger partial charge in [-0.1, -0.05) is 30.7 Å². The number of hydrogen-bond acceptors (Lipinski definition) is 4. The van der Waals surface area contributed by atoms with Crippen LogP contribution in [-0.2, 0) is 6.42 Å². The standard InChI is InChI=1S/C16H21N3S/c17-19-15(16-7-3-4-10-20-16)11-13-9-8-12-5-1-2-6-14(12)18-13/h1-2,5-6,8-9,15-16,19H,3-4,7,10-11,17H2. The Kier molecular flexibility index (Phi) is 4.55. The van der Waals surface area contributed by atoms with Gasteiger partial charge in [0, 0.05) is 28.8 Å². The first-order valence-corrected chi connectivity index (χ1v) is 8.34. The van der Waals surface area contributed by atoms with Crippen LogP contribution in [-0.4, -0.2) is 22.0 Å². The Hall–Kier alpha value is -1.10. The summed E-state index contributed by atoms with van der Waals surface area (Å²) in [6.45, 7) is 0. The van der Waals surface area contributed by atoms with Gasteiger partial charge in [0.05, 0.1) is 5.52 Å². The van der Waals surface area contributed by atoms with Gasteiger partial charge in [-0.05, 0) is 30.7 Å². The summed E-state index contributed by atoms with van der Waals surface area (Å²) in [6.07, 6.45) is 4.82. The van der Waals surface area contributed by atoms with Gasteiger partial charge in [-0.15, -0.1) is 0 Å². The summed E-state index contributed by atoms with van der Waals surface area (Å²) in [4.78, 5) is 4.75. The van der Waals surface area contributed by atoms with E-state index in [1.54, 1.807) is 0 Å². The van der Waals surface area contributed by atoms with Gasteiger partial charge in [-0.2, -0.15) is 11.8 Å². The highest BCUT2D eigenvalue weighted by atomic mass is 32.2. The van der Waals surface area contributed by atoms with E-state index >= 15 is 0 Å². The molecule has 4 heteroatoms. The van der Waals surface area contributed by atoms with Crippen LogP contribution in [0.2, 0.25) is 0 Å². The molecule has 0 saturated carbocycles. The van der Waals surface area contributed by atoms with E-state index in [4.69, 9.17) is 10.8 Å². The third-order valence-electron chi connectivity index (χ3n) is 3.96. The Morgan fingerprint density at radius 3 is 2.95 bits per heavy atom. The molecule has 1 aromatic heterocycles. The Morgan fingerprint density at radius 2 is 2.15 bits per heavy atom. The topological polar surface area (TPSA) is 50.9 Å². The lowest BCUT2D eigenvalue weighted by molar-refractivity contribution is 0.469. The average molecular weight is 287 g/mol. The monoisotopic (exact) mass is 287 g/mol. The van der Waals surface area contributed by atoms with E-state index in [1.807, 2.05) is 23.9 Å². The van der Waals surface area contributed by atoms with Crippen molar-refractivity contribution in [3.05, 3.63) is 42.1 Å². The van der Waals surface area contributed by atoms with Gasteiger partial charge in [0.2, 0.25) is 0 Å². The van der Waals surface area contributed by atoms with E-state index in [2.05, 4.69) is 29.7 Å². The fourth-order valence-corrected chi connectivity index (χ4v) is 4.24. The number of benzene rings is 1. The van der Waals surface area contributed by atoms with Crippen molar-refractivity contribution in [3.63, 3.8) is 0 Å². The number of nitrogens with zero attached hydrogens (tertiary/aromatic N) is 1. The van der Waals surface area contributed by atoms with Gasteiger partial charge in [0.1, 0.15) is 0 Å². The van der Waals surface area contributed by atoms with Crippen LogP contribution in [0, 0.1) is 0 Å². The summed E-state index contributed by atoms with van der Waals surface area (Å²) in [7, 11) is 0. The Morgan fingerprint density at radius 1 is 1.25 bits per heavy atom. The van der Waals surface area contributed by atoms with Crippen LogP contribution in [0.1, 0.15) is 25.0 Å². The molecule has 2 heterocycles. The van der Waals surface area contributed by atoms with Crippen LogP contribution in [0.3, 0.4) is 0 Å². The molecule has 0 amide bonds. The number of aromatic nitrogens is 1. The number of para-hydroxylation sites is 1. The molecule has 3 N–H and O–H groups in total. The molecule has 0 bridgehead atoms. The fourth-order valence-electron chi connectivity index (χ4n) is 2.83. The van der Waals surface area contributed by atoms with Crippen LogP contribution in [0.25, 0.3) is 10.9 Å². The van der Waals surface area contributed by atoms with Crippen molar-refractivity contribution in [2.24, 2.45) is 5.84 Å². The lowest BCUT2D eigenvalue weighted by Gasteiger charge is -2.29. The van der Waals surface area contributed by atoms with E-state index < -0.39 is 0 Å². The van der Waals surface area contributed by atoms with Gasteiger partial charge in [-0.25, -0.2) is 0 Å². The van der Waals surface area contributed by atoms with E-state index in [0.29, 0.717) is 11.3 Å². The molecule has 0 aliphatic carbocycles. The van der Waals surface area contributed by atoms with Crippen molar-refractivity contribution < 1.29 is 0 Å². The van der Waals surface area contributed by atoms with Gasteiger partial charge in [0.15, 0.2) is 0 Å². The van der Waals surface area contributed by atoms with Crippen molar-refractivity contribution in [1.29, 1.82) is 0 Å². The summed E-state index contributed by atoms with van der Waals surface area (Å²) >= 11 is 2.05. The molecule has 0 radical (unpaired) electrons. The SMILES string of the molecule is NNC(Cc1ccc2ccccc2n1)C1CCCCS1. The van der Waals surface area contributed by atoms with Crippen molar-refractivity contribution in [2.75, 3.05) is 5.75 Å². The molecule has 106 valence electrons. The first-order valence-electron chi connectivity index (χ1n) is 7.29. The van der Waals surface area contributed by atoms with E-state index in [-0.39, 0.29) is 0 Å². The summed E-state index contributed by atoms with van der Waals surface area (Å²) in [5.74, 6) is 7.03. The largest absolute Gasteiger partial charge is 0.271 e. The van der Waals surface area contributed by atoms with E-state index in [0.717, 1.165) is 17.6 Å². The molecule has 3 nitrogen and oxygen atoms in total. The Bertz CT molecular complexity index is 566. The summed E-state index contributed by atoms with van der Waals surface area (Å²) in [6, 6.07) is 12.8. The maximum absolute atomic E-state index is 5.77. The van der Waals surface area contributed by atoms with Crippen molar-refractivity contribution in [3.8, 4) is 0 Å². The lowest BCUT2D eigenvalue weighted by Crippen LogP contribution is -2.45. The number of fused-ring (bicyclic) bond motifs is 1. The van der Waals surface area contributed by atoms with Gasteiger partial charge < -0.3 is 0 Å². The number of rotatable bonds is 4. The molecule has 1 aliphatic heterocycles. The molecule has 2 atom stereocenters. The number of hydrogen-bond donors (Lipinski definition) is 2. The summed E-state index contributed by atoms with van der Waals surface area (Å²) in [5, 5.41) is 1.81. The van der Waals surface area contributed by atoms with Gasteiger partial charge in [0.25, 0.3) is 0 Å². The molecular weight excluding hydrogens is 266 g/mol. The third-order valence-corrected chi connectivity index (χ3v) is 5.48. The maximum atomic E-state index is 5.77. The molecule has 1 aromatic carbocycles. The predicted molar refractivity (Wildman–Crippen MR) is 86.7 cm³/mol. The van der Waals surface area contributed by atoms with Gasteiger partial charge in [-0.3, -0.25) is 16.3 Å². The molecular formula is C16H21N3S. The first kappa shape index (κ1) is 13.9. The molecule has 0 spiro atoms. The highest BCUT2D eigenvalue weighted by Gasteiger charge is 2.23. The first-order chi connectivity index (χ1) is 9.86. The molecule has 1 aliphatic rings. The molecule has 3 rings (SSSR count). The number of thioether (sulfide) groups is 1. The number of pyridine rings is 1. The lowest BCUT2D eigenvalue weighted by atomic mass is 10.0. The van der Waals surface area contributed by atoms with Crippen molar-refractivity contribution in [2.45, 2.75) is 37.0 Å². The van der Waals surface area contributed by atoms with E-state index in [9.17, 15) is 0 Å². The molecule has 1 saturated heterocycles. The summed E-state index contributed by atoms with van der Waals surface area (Å²) < 4.78 is 0. The quantitative estimate of drug-likeness (QED) is 0.670. The zero-order valence-electron chi connectivity index (χ0n) is 11.6. The second-order valence-corrected chi connectivity index (χ2v) is 6.72. The van der Waals surface area contributed by atoms with Crippen LogP contribution >= 0.6 is 11.8 Å². The second-order valence-electron chi connectivity index (χ2n) is 5.38. The second kappa shape index (κ2) is 6.57. The number of nitrogens with two attached hydrogens (primary N) is 1. The van der Waals surface area contributed by atoms with E-state index in [1.165, 1.54) is 30.4 Å². The molecule has 2 unspecified atom stereocenters. The third kappa shape index (κ3) is 3.14. The number of hydrazine groups is 1. The van der Waals surface area contributed by atoms with Gasteiger partial charge >= 0.3 is 0 Å². The normalized spacial score (nSPS) is 20.9. The van der Waals surface area contributed by atoms with Crippen LogP contribution in [0.5, 0.6) is 0 Å². The van der Waals surface area contributed by atoms with Crippen LogP contribution < -0.4 is 11.3 Å². The Labute approximate surface area is 124 Å². The zero-order chi connectivity index (χ0) is 13.8. The molecule has 2 aromatic rings. The van der Waals surface area contributed by atoms with Crippen molar-refractivity contribution in [1.82, 2.24) is 10.4 Å². The van der Waals surface area contributed by atoms with Crippen LogP contribution in [0.15, 0.2) is 36.4 Å². The minimum atomic E-state index is 0.314. The smallest absolute Gasteiger partial charge is 0.0705 e. The van der Waals surface area contributed by atoms with Crippen molar-refractivity contribution >= 4 is 22.7 Å². The average Bonchev–Trinajstić information content (AvgIpc) is 2.53. The predicted octanol–water partition coefficient (Wildman–Crippen LogP) is 2.89. The maximum Gasteiger partial charge on any atom is 0.0705 e. The summed E-state index contributed by atoms with van der Waals surface area (Å²) in [5.41, 5.74) is 5.20. The fraction of sp³-hybridized carbons (Fsp3) is 0.438. The molecule has 1 fully saturated rings.